The summed E-state index contributed by atoms with van der Waals surface area (Å²) in [4.78, 5) is 2.99. The first kappa shape index (κ1) is 14.9. The number of ether oxygens (including phenoxy) is 1. The Morgan fingerprint density at radius 1 is 1.22 bits per heavy atom. The Morgan fingerprint density at radius 2 is 1.78 bits per heavy atom. The number of aromatic nitrogens is 1. The first-order chi connectivity index (χ1) is 8.06. The average Bonchev–Trinajstić information content (AvgIpc) is 2.16. The molecule has 10 heteroatoms. The Labute approximate surface area is 105 Å². The lowest BCUT2D eigenvalue weighted by molar-refractivity contribution is -0.276. The Morgan fingerprint density at radius 3 is 2.17 bits per heavy atom. The van der Waals surface area contributed by atoms with Gasteiger partial charge in [0.15, 0.2) is 0 Å². The molecule has 0 atom stereocenters. The third-order valence-electron chi connectivity index (χ3n) is 1.75. The van der Waals surface area contributed by atoms with Crippen LogP contribution in [0.5, 0.6) is 11.6 Å². The second kappa shape index (κ2) is 4.82. The van der Waals surface area contributed by atoms with Crippen molar-refractivity contribution in [2.45, 2.75) is 17.9 Å². The highest BCUT2D eigenvalue weighted by Crippen LogP contribution is 2.42. The summed E-state index contributed by atoms with van der Waals surface area (Å²) in [6.07, 6.45) is -9.96. The number of alkyl halides is 7. The average molecular weight is 340 g/mol. The van der Waals surface area contributed by atoms with E-state index in [0.29, 0.717) is 0 Å². The molecule has 0 unspecified atom stereocenters. The predicted octanol–water partition coefficient (Wildman–Crippen LogP) is 3.60. The number of aromatic hydroxyl groups is 1. The van der Waals surface area contributed by atoms with Gasteiger partial charge in [-0.25, -0.2) is 4.98 Å². The maximum absolute atomic E-state index is 12.6. The van der Waals surface area contributed by atoms with Gasteiger partial charge < -0.3 is 9.84 Å². The summed E-state index contributed by atoms with van der Waals surface area (Å²) in [5, 5.41) is 8.42. The minimum absolute atomic E-state index is 0.246. The molecule has 1 rings (SSSR count). The van der Waals surface area contributed by atoms with E-state index in [1.807, 2.05) is 0 Å². The van der Waals surface area contributed by atoms with Crippen molar-refractivity contribution in [3.8, 4) is 11.6 Å². The topological polar surface area (TPSA) is 42.4 Å². The van der Waals surface area contributed by atoms with Crippen molar-refractivity contribution < 1.29 is 36.2 Å². The summed E-state index contributed by atoms with van der Waals surface area (Å²) < 4.78 is 76.9. The predicted molar refractivity (Wildman–Crippen MR) is 50.2 cm³/mol. The van der Waals surface area contributed by atoms with Gasteiger partial charge >= 0.3 is 12.5 Å². The molecule has 1 aromatic heterocycles. The van der Waals surface area contributed by atoms with E-state index in [0.717, 1.165) is 0 Å². The minimum Gasteiger partial charge on any atom is -0.506 e. The third kappa shape index (κ3) is 3.40. The molecule has 0 aliphatic rings. The number of nitrogens with zero attached hydrogens (tertiary/aromatic N) is 1. The Kier molecular flexibility index (Phi) is 3.99. The smallest absolute Gasteiger partial charge is 0.506 e. The number of hydrogen-bond acceptors (Lipinski definition) is 3. The summed E-state index contributed by atoms with van der Waals surface area (Å²) in [7, 11) is 0. The van der Waals surface area contributed by atoms with Gasteiger partial charge in [0.2, 0.25) is 5.88 Å². The Hall–Kier alpha value is -1.19. The normalized spacial score (nSPS) is 12.6. The summed E-state index contributed by atoms with van der Waals surface area (Å²) >= 11 is 2.59. The van der Waals surface area contributed by atoms with Crippen LogP contribution < -0.4 is 4.74 Å². The van der Waals surface area contributed by atoms with Crippen LogP contribution in [0.3, 0.4) is 0 Å². The lowest BCUT2D eigenvalue weighted by atomic mass is 10.1. The molecule has 3 nitrogen and oxygen atoms in total. The van der Waals surface area contributed by atoms with Crippen LogP contribution in [0.15, 0.2) is 6.20 Å². The molecule has 18 heavy (non-hydrogen) atoms. The molecule has 0 saturated heterocycles. The zero-order valence-electron chi connectivity index (χ0n) is 8.23. The van der Waals surface area contributed by atoms with E-state index in [4.69, 9.17) is 5.11 Å². The number of halogens is 7. The highest BCUT2D eigenvalue weighted by Gasteiger charge is 2.40. The largest absolute Gasteiger partial charge is 0.574 e. The lowest BCUT2D eigenvalue weighted by Crippen LogP contribution is -2.20. The van der Waals surface area contributed by atoms with Crippen LogP contribution in [0, 0.1) is 0 Å². The maximum Gasteiger partial charge on any atom is 0.574 e. The zero-order chi connectivity index (χ0) is 14.1. The van der Waals surface area contributed by atoms with Gasteiger partial charge in [0.1, 0.15) is 11.3 Å². The fraction of sp³-hybridized carbons (Fsp3) is 0.375. The van der Waals surface area contributed by atoms with E-state index < -0.39 is 40.6 Å². The molecular formula is C8H4BrF6NO2. The molecule has 1 N–H and O–H groups in total. The number of pyridine rings is 1. The van der Waals surface area contributed by atoms with Crippen molar-refractivity contribution in [3.63, 3.8) is 0 Å². The SMILES string of the molecule is Oc1cnc(OC(F)(F)F)c(CBr)c1C(F)(F)F. The molecule has 1 heterocycles. The first-order valence-corrected chi connectivity index (χ1v) is 5.28. The minimum atomic E-state index is -5.18. The van der Waals surface area contributed by atoms with Crippen molar-refractivity contribution in [3.05, 3.63) is 17.3 Å². The standard InChI is InChI=1S/C8H4BrF6NO2/c9-1-3-5(7(10,11)12)4(17)2-16-6(3)18-8(13,14)15/h2,17H,1H2. The molecular weight excluding hydrogens is 336 g/mol. The lowest BCUT2D eigenvalue weighted by Gasteiger charge is -2.16. The summed E-state index contributed by atoms with van der Waals surface area (Å²) in [5.41, 5.74) is -2.55. The molecule has 102 valence electrons. The Balaban J connectivity index is 3.39. The van der Waals surface area contributed by atoms with Crippen LogP contribution in [0.1, 0.15) is 11.1 Å². The van der Waals surface area contributed by atoms with E-state index in [-0.39, 0.29) is 6.20 Å². The van der Waals surface area contributed by atoms with Gasteiger partial charge in [-0.3, -0.25) is 0 Å². The van der Waals surface area contributed by atoms with Crippen LogP contribution in [0.4, 0.5) is 26.3 Å². The van der Waals surface area contributed by atoms with E-state index in [1.165, 1.54) is 0 Å². The molecule has 0 aliphatic heterocycles. The Bertz CT molecular complexity index is 444. The summed E-state index contributed by atoms with van der Waals surface area (Å²) in [6, 6.07) is 0. The van der Waals surface area contributed by atoms with Gasteiger partial charge in [0.25, 0.3) is 0 Å². The second-order valence-electron chi connectivity index (χ2n) is 2.98. The monoisotopic (exact) mass is 339 g/mol. The van der Waals surface area contributed by atoms with Gasteiger partial charge in [-0.1, -0.05) is 15.9 Å². The van der Waals surface area contributed by atoms with Crippen LogP contribution >= 0.6 is 15.9 Å². The highest BCUT2D eigenvalue weighted by atomic mass is 79.9. The van der Waals surface area contributed by atoms with E-state index in [9.17, 15) is 26.3 Å². The third-order valence-corrected chi connectivity index (χ3v) is 2.31. The van der Waals surface area contributed by atoms with E-state index in [1.54, 1.807) is 0 Å². The maximum atomic E-state index is 12.6. The van der Waals surface area contributed by atoms with Crippen molar-refractivity contribution >= 4 is 15.9 Å². The highest BCUT2D eigenvalue weighted by molar-refractivity contribution is 9.08. The van der Waals surface area contributed by atoms with Crippen LogP contribution in [-0.4, -0.2) is 16.5 Å². The van der Waals surface area contributed by atoms with Gasteiger partial charge in [0.05, 0.1) is 6.20 Å². The van der Waals surface area contributed by atoms with Crippen LogP contribution in [0.2, 0.25) is 0 Å². The molecule has 0 saturated carbocycles. The van der Waals surface area contributed by atoms with Gasteiger partial charge in [-0.15, -0.1) is 13.2 Å². The second-order valence-corrected chi connectivity index (χ2v) is 3.54. The van der Waals surface area contributed by atoms with Crippen molar-refractivity contribution in [2.24, 2.45) is 0 Å². The molecule has 0 amide bonds. The summed E-state index contributed by atoms with van der Waals surface area (Å²) in [5.74, 6) is -2.53. The van der Waals surface area contributed by atoms with Crippen LogP contribution in [-0.2, 0) is 11.5 Å². The van der Waals surface area contributed by atoms with Crippen molar-refractivity contribution in [1.82, 2.24) is 4.98 Å². The number of hydrogen-bond donors (Lipinski definition) is 1. The van der Waals surface area contributed by atoms with Crippen molar-refractivity contribution in [2.75, 3.05) is 0 Å². The molecule has 0 aromatic carbocycles. The van der Waals surface area contributed by atoms with Crippen molar-refractivity contribution in [1.29, 1.82) is 0 Å². The molecule has 0 aliphatic carbocycles. The van der Waals surface area contributed by atoms with Gasteiger partial charge in [-0.05, 0) is 0 Å². The van der Waals surface area contributed by atoms with Gasteiger partial charge in [-0.2, -0.15) is 13.2 Å². The number of rotatable bonds is 2. The molecule has 0 fully saturated rings. The van der Waals surface area contributed by atoms with E-state index in [2.05, 4.69) is 25.7 Å². The fourth-order valence-corrected chi connectivity index (χ4v) is 1.68. The first-order valence-electron chi connectivity index (χ1n) is 4.16. The molecule has 0 bridgehead atoms. The van der Waals surface area contributed by atoms with Crippen LogP contribution in [0.25, 0.3) is 0 Å². The fourth-order valence-electron chi connectivity index (χ4n) is 1.16. The van der Waals surface area contributed by atoms with E-state index >= 15 is 0 Å². The summed E-state index contributed by atoms with van der Waals surface area (Å²) in [6.45, 7) is 0. The van der Waals surface area contributed by atoms with Gasteiger partial charge in [0, 0.05) is 10.9 Å². The zero-order valence-corrected chi connectivity index (χ0v) is 9.82. The quantitative estimate of drug-likeness (QED) is 0.661. The molecule has 0 radical (unpaired) electrons. The molecule has 0 spiro atoms. The molecule has 1 aromatic rings.